The average molecular weight is 293 g/mol. The van der Waals surface area contributed by atoms with Crippen molar-refractivity contribution < 1.29 is 19.0 Å². The molecule has 0 bridgehead atoms. The Labute approximate surface area is 125 Å². The van der Waals surface area contributed by atoms with Crippen molar-refractivity contribution in [3.8, 4) is 0 Å². The molecule has 0 aliphatic carbocycles. The van der Waals surface area contributed by atoms with Gasteiger partial charge in [0.25, 0.3) is 0 Å². The van der Waals surface area contributed by atoms with E-state index in [0.717, 1.165) is 5.46 Å². The standard InChI is InChI=1S/C15H21BFNO3/c1-9-13(21-15(2,3)20)6-7-18(14(9)19)12-5-4-10(16)8-11(12)17/h4-5,8-9,13,20H,6-7,16H2,1-3H3/t9-,13-/m0/s1. The van der Waals surface area contributed by atoms with Crippen LogP contribution < -0.4 is 10.4 Å². The van der Waals surface area contributed by atoms with E-state index >= 15 is 0 Å². The molecule has 6 heteroatoms. The van der Waals surface area contributed by atoms with Crippen molar-refractivity contribution in [2.24, 2.45) is 5.92 Å². The Kier molecular flexibility index (Phi) is 4.39. The van der Waals surface area contributed by atoms with Gasteiger partial charge in [-0.25, -0.2) is 4.39 Å². The van der Waals surface area contributed by atoms with E-state index in [1.54, 1.807) is 26.9 Å². The third-order valence-electron chi connectivity index (χ3n) is 3.68. The summed E-state index contributed by atoms with van der Waals surface area (Å²) in [5.41, 5.74) is 1.12. The molecule has 0 spiro atoms. The summed E-state index contributed by atoms with van der Waals surface area (Å²) < 4.78 is 19.5. The Morgan fingerprint density at radius 1 is 1.48 bits per heavy atom. The molecule has 1 fully saturated rings. The highest BCUT2D eigenvalue weighted by atomic mass is 19.1. The number of piperidine rings is 1. The first kappa shape index (κ1) is 16.0. The van der Waals surface area contributed by atoms with Gasteiger partial charge in [0.2, 0.25) is 5.91 Å². The quantitative estimate of drug-likeness (QED) is 0.655. The summed E-state index contributed by atoms with van der Waals surface area (Å²) in [5, 5.41) is 9.72. The summed E-state index contributed by atoms with van der Waals surface area (Å²) in [7, 11) is 1.81. The van der Waals surface area contributed by atoms with Crippen LogP contribution in [0.15, 0.2) is 18.2 Å². The molecule has 4 nitrogen and oxygen atoms in total. The minimum absolute atomic E-state index is 0.182. The largest absolute Gasteiger partial charge is 0.366 e. The van der Waals surface area contributed by atoms with Crippen LogP contribution >= 0.6 is 0 Å². The number of hydrogen-bond acceptors (Lipinski definition) is 3. The second-order valence-corrected chi connectivity index (χ2v) is 6.13. The van der Waals surface area contributed by atoms with Crippen molar-refractivity contribution in [1.82, 2.24) is 0 Å². The Hall–Kier alpha value is -1.40. The first-order valence-corrected chi connectivity index (χ1v) is 7.17. The normalized spacial score (nSPS) is 23.5. The molecule has 0 radical (unpaired) electrons. The van der Waals surface area contributed by atoms with Crippen LogP contribution in [0.25, 0.3) is 0 Å². The van der Waals surface area contributed by atoms with Crippen LogP contribution in [0.5, 0.6) is 0 Å². The van der Waals surface area contributed by atoms with E-state index in [1.807, 2.05) is 0 Å². The number of carbonyl (C=O) groups excluding carboxylic acids is 1. The molecule has 2 atom stereocenters. The zero-order valence-corrected chi connectivity index (χ0v) is 12.9. The maximum Gasteiger partial charge on any atom is 0.232 e. The third kappa shape index (κ3) is 3.63. The number of amides is 1. The van der Waals surface area contributed by atoms with Gasteiger partial charge in [0.05, 0.1) is 17.7 Å². The van der Waals surface area contributed by atoms with E-state index in [0.29, 0.717) is 18.7 Å². The SMILES string of the molecule is Bc1ccc(N2CC[C@H](OC(C)(C)O)[C@H](C)C2=O)c(F)c1. The van der Waals surface area contributed by atoms with E-state index in [9.17, 15) is 14.3 Å². The number of ether oxygens (including phenoxy) is 1. The predicted molar refractivity (Wildman–Crippen MR) is 81.9 cm³/mol. The Morgan fingerprint density at radius 2 is 2.14 bits per heavy atom. The van der Waals surface area contributed by atoms with Crippen LogP contribution in [-0.4, -0.2) is 37.3 Å². The molecule has 1 aromatic rings. The number of halogens is 1. The molecule has 2 rings (SSSR count). The van der Waals surface area contributed by atoms with Crippen molar-refractivity contribution >= 4 is 24.9 Å². The second-order valence-electron chi connectivity index (χ2n) is 6.13. The van der Waals surface area contributed by atoms with Crippen LogP contribution in [0, 0.1) is 11.7 Å². The number of anilines is 1. The summed E-state index contributed by atoms with van der Waals surface area (Å²) >= 11 is 0. The molecule has 0 saturated carbocycles. The van der Waals surface area contributed by atoms with Gasteiger partial charge in [0, 0.05) is 6.54 Å². The first-order valence-electron chi connectivity index (χ1n) is 7.17. The first-order chi connectivity index (χ1) is 9.69. The monoisotopic (exact) mass is 293 g/mol. The van der Waals surface area contributed by atoms with Crippen LogP contribution in [0.1, 0.15) is 27.2 Å². The maximum absolute atomic E-state index is 14.0. The topological polar surface area (TPSA) is 49.8 Å². The highest BCUT2D eigenvalue weighted by Crippen LogP contribution is 2.29. The second kappa shape index (κ2) is 5.77. The molecular weight excluding hydrogens is 272 g/mol. The summed E-state index contributed by atoms with van der Waals surface area (Å²) in [6, 6.07) is 4.84. The molecule has 1 aliphatic rings. The van der Waals surface area contributed by atoms with Gasteiger partial charge in [0.15, 0.2) is 5.79 Å². The minimum Gasteiger partial charge on any atom is -0.366 e. The molecule has 1 aliphatic heterocycles. The van der Waals surface area contributed by atoms with Gasteiger partial charge in [-0.05, 0) is 32.4 Å². The van der Waals surface area contributed by atoms with Crippen molar-refractivity contribution in [2.75, 3.05) is 11.4 Å². The summed E-state index contributed by atoms with van der Waals surface area (Å²) in [4.78, 5) is 13.9. The lowest BCUT2D eigenvalue weighted by Crippen LogP contribution is -2.50. The van der Waals surface area contributed by atoms with E-state index in [4.69, 9.17) is 4.74 Å². The van der Waals surface area contributed by atoms with Crippen molar-refractivity contribution in [3.05, 3.63) is 24.0 Å². The molecule has 1 amide bonds. The fourth-order valence-electron chi connectivity index (χ4n) is 2.62. The zero-order chi connectivity index (χ0) is 15.8. The zero-order valence-electron chi connectivity index (χ0n) is 12.9. The molecule has 21 heavy (non-hydrogen) atoms. The van der Waals surface area contributed by atoms with E-state index in [-0.39, 0.29) is 12.0 Å². The molecule has 1 aromatic carbocycles. The highest BCUT2D eigenvalue weighted by molar-refractivity contribution is 6.32. The Morgan fingerprint density at radius 3 is 2.71 bits per heavy atom. The lowest BCUT2D eigenvalue weighted by Gasteiger charge is -2.38. The van der Waals surface area contributed by atoms with Gasteiger partial charge in [-0.15, -0.1) is 0 Å². The van der Waals surface area contributed by atoms with Gasteiger partial charge >= 0.3 is 0 Å². The van der Waals surface area contributed by atoms with Crippen molar-refractivity contribution in [3.63, 3.8) is 0 Å². The van der Waals surface area contributed by atoms with Gasteiger partial charge in [-0.2, -0.15) is 0 Å². The van der Waals surface area contributed by atoms with E-state index in [1.165, 1.54) is 24.8 Å². The van der Waals surface area contributed by atoms with Crippen molar-refractivity contribution in [2.45, 2.75) is 39.1 Å². The lowest BCUT2D eigenvalue weighted by atomic mass is 9.93. The number of benzene rings is 1. The fourth-order valence-corrected chi connectivity index (χ4v) is 2.62. The minimum atomic E-state index is -1.28. The van der Waals surface area contributed by atoms with Crippen LogP contribution in [0.4, 0.5) is 10.1 Å². The summed E-state index contributed by atoms with van der Waals surface area (Å²) in [6.45, 7) is 5.20. The van der Waals surface area contributed by atoms with Gasteiger partial charge < -0.3 is 14.7 Å². The smallest absolute Gasteiger partial charge is 0.232 e. The van der Waals surface area contributed by atoms with Crippen LogP contribution in [0.2, 0.25) is 0 Å². The molecule has 114 valence electrons. The van der Waals surface area contributed by atoms with Gasteiger partial charge in [0.1, 0.15) is 13.7 Å². The van der Waals surface area contributed by atoms with Crippen molar-refractivity contribution in [1.29, 1.82) is 0 Å². The van der Waals surface area contributed by atoms with E-state index < -0.39 is 17.5 Å². The lowest BCUT2D eigenvalue weighted by molar-refractivity contribution is -0.217. The number of aliphatic hydroxyl groups is 1. The van der Waals surface area contributed by atoms with Gasteiger partial charge in [-0.3, -0.25) is 4.79 Å². The molecule has 0 aromatic heterocycles. The average Bonchev–Trinajstić information content (AvgIpc) is 2.35. The molecule has 1 N–H and O–H groups in total. The number of carbonyl (C=O) groups is 1. The summed E-state index contributed by atoms with van der Waals surface area (Å²) in [6.07, 6.45) is 0.201. The van der Waals surface area contributed by atoms with E-state index in [2.05, 4.69) is 0 Å². The third-order valence-corrected chi connectivity index (χ3v) is 3.68. The number of rotatable bonds is 3. The van der Waals surface area contributed by atoms with Crippen LogP contribution in [0.3, 0.4) is 0 Å². The predicted octanol–water partition coefficient (Wildman–Crippen LogP) is 0.571. The molecule has 1 saturated heterocycles. The Bertz CT molecular complexity index is 544. The van der Waals surface area contributed by atoms with Gasteiger partial charge in [-0.1, -0.05) is 18.5 Å². The molecule has 0 unspecified atom stereocenters. The number of nitrogens with zero attached hydrogens (tertiary/aromatic N) is 1. The Balaban J connectivity index is 2.18. The molecule has 1 heterocycles. The highest BCUT2D eigenvalue weighted by Gasteiger charge is 2.37. The maximum atomic E-state index is 14.0. The number of hydrogen-bond donors (Lipinski definition) is 1. The summed E-state index contributed by atoms with van der Waals surface area (Å²) in [5.74, 6) is -2.28. The molecular formula is C15H21BFNO3. The van der Waals surface area contributed by atoms with Crippen LogP contribution in [-0.2, 0) is 9.53 Å². The fraction of sp³-hybridized carbons (Fsp3) is 0.533.